The van der Waals surface area contributed by atoms with Crippen molar-refractivity contribution in [2.75, 3.05) is 25.0 Å². The minimum atomic E-state index is -0.518. The third-order valence-electron chi connectivity index (χ3n) is 4.76. The molecule has 0 unspecified atom stereocenters. The maximum atomic E-state index is 13.5. The van der Waals surface area contributed by atoms with Crippen LogP contribution in [0.4, 0.5) is 15.0 Å². The number of ether oxygens (including phenoxy) is 1. The van der Waals surface area contributed by atoms with Gasteiger partial charge >= 0.3 is 6.03 Å². The summed E-state index contributed by atoms with van der Waals surface area (Å²) in [4.78, 5) is 17.7. The van der Waals surface area contributed by atoms with Gasteiger partial charge in [0.15, 0.2) is 11.6 Å². The van der Waals surface area contributed by atoms with Gasteiger partial charge in [0.2, 0.25) is 0 Å². The predicted octanol–water partition coefficient (Wildman–Crippen LogP) is 3.42. The first-order chi connectivity index (χ1) is 11.2. The van der Waals surface area contributed by atoms with Crippen LogP contribution in [0.15, 0.2) is 18.3 Å². The van der Waals surface area contributed by atoms with Crippen LogP contribution in [-0.2, 0) is 4.74 Å². The Morgan fingerprint density at radius 2 is 2.04 bits per heavy atom. The third-order valence-corrected chi connectivity index (χ3v) is 4.76. The van der Waals surface area contributed by atoms with Crippen molar-refractivity contribution in [1.29, 1.82) is 0 Å². The summed E-state index contributed by atoms with van der Waals surface area (Å²) in [5.74, 6) is 0.191. The van der Waals surface area contributed by atoms with Crippen molar-refractivity contribution in [3.05, 3.63) is 24.1 Å². The molecular weight excluding hydrogens is 297 g/mol. The van der Waals surface area contributed by atoms with E-state index in [1.54, 1.807) is 4.90 Å². The van der Waals surface area contributed by atoms with Gasteiger partial charge in [0.1, 0.15) is 0 Å². The highest BCUT2D eigenvalue weighted by molar-refractivity contribution is 5.88. The molecule has 0 atom stereocenters. The Morgan fingerprint density at radius 1 is 1.30 bits per heavy atom. The molecule has 2 aliphatic rings. The standard InChI is InChI=1S/C17H24FN3O2/c18-15-6-3-9-19-16(15)20-17(22)21-10-7-14(8-11-21)23-12-13-4-1-2-5-13/h3,6,9,13-14H,1-2,4-5,7-8,10-12H2,(H,19,20,22). The smallest absolute Gasteiger partial charge is 0.323 e. The number of piperidine rings is 1. The molecule has 1 N–H and O–H groups in total. The number of amides is 2. The number of pyridine rings is 1. The van der Waals surface area contributed by atoms with E-state index in [9.17, 15) is 9.18 Å². The van der Waals surface area contributed by atoms with Crippen LogP contribution in [0.5, 0.6) is 0 Å². The van der Waals surface area contributed by atoms with Gasteiger partial charge in [-0.15, -0.1) is 0 Å². The molecule has 5 nitrogen and oxygen atoms in total. The summed E-state index contributed by atoms with van der Waals surface area (Å²) in [6.45, 7) is 2.13. The number of aromatic nitrogens is 1. The second-order valence-electron chi connectivity index (χ2n) is 6.43. The van der Waals surface area contributed by atoms with Gasteiger partial charge in [-0.3, -0.25) is 5.32 Å². The molecule has 126 valence electrons. The minimum absolute atomic E-state index is 0.0166. The Bertz CT molecular complexity index is 526. The van der Waals surface area contributed by atoms with Gasteiger partial charge in [-0.2, -0.15) is 0 Å². The minimum Gasteiger partial charge on any atom is -0.378 e. The van der Waals surface area contributed by atoms with E-state index in [2.05, 4.69) is 10.3 Å². The summed E-state index contributed by atoms with van der Waals surface area (Å²) in [5, 5.41) is 2.53. The molecular formula is C17H24FN3O2. The third kappa shape index (κ3) is 4.41. The van der Waals surface area contributed by atoms with Crippen molar-refractivity contribution in [3.63, 3.8) is 0 Å². The topological polar surface area (TPSA) is 54.5 Å². The summed E-state index contributed by atoms with van der Waals surface area (Å²) in [6, 6.07) is 2.49. The lowest BCUT2D eigenvalue weighted by atomic mass is 10.1. The highest BCUT2D eigenvalue weighted by Gasteiger charge is 2.25. The van der Waals surface area contributed by atoms with Crippen molar-refractivity contribution in [3.8, 4) is 0 Å². The van der Waals surface area contributed by atoms with Crippen LogP contribution in [0.2, 0.25) is 0 Å². The number of nitrogens with one attached hydrogen (secondary N) is 1. The molecule has 0 aromatic carbocycles. The Balaban J connectivity index is 1.41. The largest absolute Gasteiger partial charge is 0.378 e. The van der Waals surface area contributed by atoms with Gasteiger partial charge in [0.05, 0.1) is 6.10 Å². The predicted molar refractivity (Wildman–Crippen MR) is 85.7 cm³/mol. The highest BCUT2D eigenvalue weighted by atomic mass is 19.1. The van der Waals surface area contributed by atoms with Gasteiger partial charge in [0, 0.05) is 25.9 Å². The number of likely N-dealkylation sites (tertiary alicyclic amines) is 1. The van der Waals surface area contributed by atoms with Gasteiger partial charge in [-0.1, -0.05) is 12.8 Å². The summed E-state index contributed by atoms with van der Waals surface area (Å²) < 4.78 is 19.5. The number of carbonyl (C=O) groups excluding carboxylic acids is 1. The average Bonchev–Trinajstić information content (AvgIpc) is 3.09. The molecule has 0 bridgehead atoms. The van der Waals surface area contributed by atoms with E-state index in [4.69, 9.17) is 4.74 Å². The van der Waals surface area contributed by atoms with Crippen LogP contribution in [0.3, 0.4) is 0 Å². The van der Waals surface area contributed by atoms with E-state index >= 15 is 0 Å². The molecule has 1 saturated carbocycles. The molecule has 1 aliphatic heterocycles. The second-order valence-corrected chi connectivity index (χ2v) is 6.43. The fraction of sp³-hybridized carbons (Fsp3) is 0.647. The monoisotopic (exact) mass is 321 g/mol. The van der Waals surface area contributed by atoms with Crippen LogP contribution in [-0.4, -0.2) is 41.7 Å². The number of hydrogen-bond acceptors (Lipinski definition) is 3. The fourth-order valence-corrected chi connectivity index (χ4v) is 3.33. The molecule has 0 radical (unpaired) electrons. The van der Waals surface area contributed by atoms with Crippen molar-refractivity contribution in [2.45, 2.75) is 44.6 Å². The number of rotatable bonds is 4. The lowest BCUT2D eigenvalue weighted by Gasteiger charge is -2.32. The number of anilines is 1. The van der Waals surface area contributed by atoms with Crippen LogP contribution in [0, 0.1) is 11.7 Å². The van der Waals surface area contributed by atoms with E-state index < -0.39 is 5.82 Å². The van der Waals surface area contributed by atoms with E-state index in [1.165, 1.54) is 44.0 Å². The van der Waals surface area contributed by atoms with Gasteiger partial charge < -0.3 is 9.64 Å². The normalized spacial score (nSPS) is 20.0. The molecule has 1 saturated heterocycles. The summed E-state index contributed by atoms with van der Waals surface area (Å²) in [5.41, 5.74) is 0. The molecule has 3 rings (SSSR count). The zero-order chi connectivity index (χ0) is 16.1. The Morgan fingerprint density at radius 3 is 2.74 bits per heavy atom. The van der Waals surface area contributed by atoms with Gasteiger partial charge in [-0.05, 0) is 43.7 Å². The van der Waals surface area contributed by atoms with Crippen molar-refractivity contribution in [2.24, 2.45) is 5.92 Å². The number of nitrogens with zero attached hydrogens (tertiary/aromatic N) is 2. The first kappa shape index (κ1) is 16.2. The first-order valence-electron chi connectivity index (χ1n) is 8.50. The maximum Gasteiger partial charge on any atom is 0.323 e. The van der Waals surface area contributed by atoms with E-state index in [-0.39, 0.29) is 18.0 Å². The fourth-order valence-electron chi connectivity index (χ4n) is 3.33. The second kappa shape index (κ2) is 7.73. The zero-order valence-corrected chi connectivity index (χ0v) is 13.3. The Labute approximate surface area is 136 Å². The Hall–Kier alpha value is -1.69. The van der Waals surface area contributed by atoms with Crippen LogP contribution in [0.25, 0.3) is 0 Å². The molecule has 1 aromatic rings. The number of halogens is 1. The van der Waals surface area contributed by atoms with Crippen molar-refractivity contribution >= 4 is 11.8 Å². The molecule has 1 aliphatic carbocycles. The molecule has 23 heavy (non-hydrogen) atoms. The van der Waals surface area contributed by atoms with Crippen LogP contribution in [0.1, 0.15) is 38.5 Å². The summed E-state index contributed by atoms with van der Waals surface area (Å²) in [6.07, 6.45) is 8.62. The molecule has 0 spiro atoms. The number of urea groups is 1. The van der Waals surface area contributed by atoms with Gasteiger partial charge in [0.25, 0.3) is 0 Å². The maximum absolute atomic E-state index is 13.5. The molecule has 1 aromatic heterocycles. The van der Waals surface area contributed by atoms with E-state index in [0.29, 0.717) is 13.1 Å². The zero-order valence-electron chi connectivity index (χ0n) is 13.3. The highest BCUT2D eigenvalue weighted by Crippen LogP contribution is 2.26. The quantitative estimate of drug-likeness (QED) is 0.924. The van der Waals surface area contributed by atoms with Crippen molar-refractivity contribution < 1.29 is 13.9 Å². The SMILES string of the molecule is O=C(Nc1ncccc1F)N1CCC(OCC2CCCC2)CC1. The van der Waals surface area contributed by atoms with Crippen molar-refractivity contribution in [1.82, 2.24) is 9.88 Å². The average molecular weight is 321 g/mol. The van der Waals surface area contributed by atoms with Crippen LogP contribution >= 0.6 is 0 Å². The van der Waals surface area contributed by atoms with Crippen LogP contribution < -0.4 is 5.32 Å². The molecule has 2 fully saturated rings. The van der Waals surface area contributed by atoms with E-state index in [0.717, 1.165) is 25.4 Å². The molecule has 2 heterocycles. The lowest BCUT2D eigenvalue weighted by Crippen LogP contribution is -2.43. The molecule has 6 heteroatoms. The lowest BCUT2D eigenvalue weighted by molar-refractivity contribution is -0.00116. The van der Waals surface area contributed by atoms with Gasteiger partial charge in [-0.25, -0.2) is 14.2 Å². The van der Waals surface area contributed by atoms with E-state index in [1.807, 2.05) is 0 Å². The Kier molecular flexibility index (Phi) is 5.43. The summed E-state index contributed by atoms with van der Waals surface area (Å²) >= 11 is 0. The number of hydrogen-bond donors (Lipinski definition) is 1. The molecule has 2 amide bonds. The number of carbonyl (C=O) groups is 1. The summed E-state index contributed by atoms with van der Waals surface area (Å²) in [7, 11) is 0. The first-order valence-corrected chi connectivity index (χ1v) is 8.50.